The number of benzene rings is 2. The molecule has 0 aliphatic heterocycles. The number of azo groups is 1. The van der Waals surface area contributed by atoms with E-state index in [1.54, 1.807) is 48.5 Å². The number of amidine groups is 2. The number of hydrogen-bond donors (Lipinski definition) is 3. The third kappa shape index (κ3) is 12.0. The lowest BCUT2D eigenvalue weighted by atomic mass is 9.98. The number of esters is 1. The Morgan fingerprint density at radius 2 is 1.63 bits per heavy atom. The summed E-state index contributed by atoms with van der Waals surface area (Å²) in [4.78, 5) is 41.8. The van der Waals surface area contributed by atoms with Gasteiger partial charge in [0.2, 0.25) is 6.29 Å². The molecule has 46 heavy (non-hydrogen) atoms. The van der Waals surface area contributed by atoms with Gasteiger partial charge in [-0.15, -0.1) is 5.10 Å². The van der Waals surface area contributed by atoms with Gasteiger partial charge < -0.3 is 19.9 Å². The van der Waals surface area contributed by atoms with Crippen molar-refractivity contribution in [3.8, 4) is 0 Å². The summed E-state index contributed by atoms with van der Waals surface area (Å²) in [5.41, 5.74) is 8.01. The largest absolute Gasteiger partial charge is 0.511 e. The molecule has 1 saturated carbocycles. The molecule has 3 rings (SSSR count). The number of hydroxylamine groups is 2. The molecule has 0 radical (unpaired) electrons. The van der Waals surface area contributed by atoms with Crippen molar-refractivity contribution < 1.29 is 38.5 Å². The SMILES string of the molecule is CON(C)C(=O)c1cccc(CN=N/C(C/C(N)=N/N=NCc2cccc(C(=O)OC(C)OC(=O)OC3CCCCC3)c2)=[NH+]\N)c1. The first-order valence-corrected chi connectivity index (χ1v) is 14.7. The fraction of sp³-hybridized carbons (Fsp3) is 0.433. The van der Waals surface area contributed by atoms with E-state index >= 15 is 0 Å². The number of hydrogen-bond acceptors (Lipinski definition) is 11. The zero-order valence-electron chi connectivity index (χ0n) is 26.1. The van der Waals surface area contributed by atoms with Gasteiger partial charge in [-0.25, -0.2) is 14.7 Å². The van der Waals surface area contributed by atoms with E-state index in [1.165, 1.54) is 21.1 Å². The van der Waals surface area contributed by atoms with Gasteiger partial charge >= 0.3 is 18.0 Å². The second kappa shape index (κ2) is 18.5. The second-order valence-corrected chi connectivity index (χ2v) is 10.3. The molecule has 1 atom stereocenters. The molecule has 1 aliphatic carbocycles. The van der Waals surface area contributed by atoms with Crippen molar-refractivity contribution in [2.45, 2.75) is 70.9 Å². The first-order chi connectivity index (χ1) is 22.2. The molecule has 2 aromatic rings. The number of nitrogens with zero attached hydrogens (tertiary/aromatic N) is 6. The van der Waals surface area contributed by atoms with Gasteiger partial charge in [0, 0.05) is 19.5 Å². The number of rotatable bonds is 13. The Balaban J connectivity index is 1.45. The fourth-order valence-corrected chi connectivity index (χ4v) is 4.32. The number of nitrogens with one attached hydrogen (secondary N) is 1. The third-order valence-corrected chi connectivity index (χ3v) is 6.70. The Morgan fingerprint density at radius 1 is 0.978 bits per heavy atom. The van der Waals surface area contributed by atoms with Gasteiger partial charge in [0.05, 0.1) is 24.3 Å². The highest BCUT2D eigenvalue weighted by Crippen LogP contribution is 2.21. The number of amides is 1. The molecule has 0 bridgehead atoms. The summed E-state index contributed by atoms with van der Waals surface area (Å²) in [6.45, 7) is 1.73. The van der Waals surface area contributed by atoms with E-state index in [4.69, 9.17) is 30.6 Å². The Hall–Kier alpha value is -5.25. The van der Waals surface area contributed by atoms with Crippen LogP contribution in [-0.4, -0.2) is 61.3 Å². The average molecular weight is 639 g/mol. The van der Waals surface area contributed by atoms with E-state index in [-0.39, 0.29) is 48.8 Å². The summed E-state index contributed by atoms with van der Waals surface area (Å²) in [5.74, 6) is 4.86. The minimum absolute atomic E-state index is 0.0198. The van der Waals surface area contributed by atoms with Gasteiger partial charge in [-0.2, -0.15) is 10.2 Å². The quantitative estimate of drug-likeness (QED) is 0.0558. The molecule has 1 fully saturated rings. The molecular weight excluding hydrogens is 598 g/mol. The molecule has 1 aliphatic rings. The summed E-state index contributed by atoms with van der Waals surface area (Å²) in [6.07, 6.45) is 2.62. The summed E-state index contributed by atoms with van der Waals surface area (Å²) < 4.78 is 15.6. The zero-order chi connectivity index (χ0) is 33.3. The summed E-state index contributed by atoms with van der Waals surface area (Å²) in [5, 5.41) is 23.2. The van der Waals surface area contributed by atoms with Gasteiger partial charge in [-0.05, 0) is 66.3 Å². The van der Waals surface area contributed by atoms with Crippen molar-refractivity contribution in [1.29, 1.82) is 0 Å². The molecule has 246 valence electrons. The van der Waals surface area contributed by atoms with E-state index in [0.717, 1.165) is 42.7 Å². The lowest BCUT2D eigenvalue weighted by molar-refractivity contribution is -0.471. The van der Waals surface area contributed by atoms with Gasteiger partial charge in [0.1, 0.15) is 24.9 Å². The normalized spacial score (nSPS) is 15.1. The molecule has 16 heteroatoms. The van der Waals surface area contributed by atoms with Crippen molar-refractivity contribution in [3.63, 3.8) is 0 Å². The first-order valence-electron chi connectivity index (χ1n) is 14.7. The highest BCUT2D eigenvalue weighted by molar-refractivity contribution is 5.99. The van der Waals surface area contributed by atoms with Crippen LogP contribution in [0, 0.1) is 0 Å². The van der Waals surface area contributed by atoms with Crippen LogP contribution in [0.2, 0.25) is 0 Å². The number of nitrogens with two attached hydrogens (primary N) is 2. The van der Waals surface area contributed by atoms with Crippen LogP contribution < -0.4 is 16.7 Å². The lowest BCUT2D eigenvalue weighted by Crippen LogP contribution is -2.80. The van der Waals surface area contributed by atoms with Crippen LogP contribution in [0.4, 0.5) is 4.79 Å². The highest BCUT2D eigenvalue weighted by atomic mass is 16.8. The Bertz CT molecular complexity index is 1460. The van der Waals surface area contributed by atoms with Crippen molar-refractivity contribution in [3.05, 3.63) is 70.8 Å². The number of carbonyl (C=O) groups excluding carboxylic acids is 3. The van der Waals surface area contributed by atoms with E-state index < -0.39 is 18.4 Å². The summed E-state index contributed by atoms with van der Waals surface area (Å²) >= 11 is 0. The molecule has 0 saturated heterocycles. The maximum atomic E-state index is 12.6. The number of hydrazone groups is 1. The van der Waals surface area contributed by atoms with Crippen molar-refractivity contribution in [1.82, 2.24) is 5.06 Å². The molecule has 1 unspecified atom stereocenters. The van der Waals surface area contributed by atoms with Crippen LogP contribution in [0.5, 0.6) is 0 Å². The number of hydrazine groups is 1. The lowest BCUT2D eigenvalue weighted by Gasteiger charge is -2.22. The number of ether oxygens (including phenoxy) is 3. The zero-order valence-corrected chi connectivity index (χ0v) is 26.1. The van der Waals surface area contributed by atoms with E-state index in [1.807, 2.05) is 0 Å². The van der Waals surface area contributed by atoms with Crippen LogP contribution >= 0.6 is 0 Å². The first kappa shape index (κ1) is 35.2. The maximum absolute atomic E-state index is 12.6. The summed E-state index contributed by atoms with van der Waals surface area (Å²) in [6, 6.07) is 13.4. The standard InChI is InChI=1S/C30H39N9O7/c1-20(45-30(42)46-25-13-5-4-6-14-25)44-29(41)24-12-8-10-22(16-24)19-34-38-36-26(31)17-27(35-32)37-33-18-21-9-7-11-23(15-21)28(40)39(2)43-3/h7-12,15-16,20,25H,4-6,13-14,17-19,32H2,1-3H3,(H2,31,34,36)/p+1/b35-27-,37-33?. The molecule has 0 aromatic heterocycles. The molecule has 5 N–H and O–H groups in total. The third-order valence-electron chi connectivity index (χ3n) is 6.70. The van der Waals surface area contributed by atoms with Crippen molar-refractivity contribution in [2.24, 2.45) is 37.2 Å². The van der Waals surface area contributed by atoms with Crippen LogP contribution in [-0.2, 0) is 32.1 Å². The van der Waals surface area contributed by atoms with Crippen LogP contribution in [0.25, 0.3) is 0 Å². The molecule has 16 nitrogen and oxygen atoms in total. The molecule has 0 spiro atoms. The van der Waals surface area contributed by atoms with Crippen LogP contribution in [0.15, 0.2) is 74.2 Å². The Labute approximate surface area is 266 Å². The van der Waals surface area contributed by atoms with Gasteiger partial charge in [-0.1, -0.05) is 35.8 Å². The minimum Gasteiger partial charge on any atom is -0.431 e. The molecule has 1 amide bonds. The smallest absolute Gasteiger partial charge is 0.431 e. The van der Waals surface area contributed by atoms with Gasteiger partial charge in [0.25, 0.3) is 5.91 Å². The monoisotopic (exact) mass is 638 g/mol. The van der Waals surface area contributed by atoms with Gasteiger partial charge in [0.15, 0.2) is 0 Å². The predicted molar refractivity (Wildman–Crippen MR) is 165 cm³/mol. The van der Waals surface area contributed by atoms with E-state index in [0.29, 0.717) is 11.1 Å². The Kier molecular flexibility index (Phi) is 14.2. The van der Waals surface area contributed by atoms with E-state index in [9.17, 15) is 14.4 Å². The second-order valence-electron chi connectivity index (χ2n) is 10.3. The Morgan fingerprint density at radius 3 is 2.30 bits per heavy atom. The van der Waals surface area contributed by atoms with Crippen molar-refractivity contribution in [2.75, 3.05) is 14.2 Å². The van der Waals surface area contributed by atoms with E-state index in [2.05, 4.69) is 30.8 Å². The number of carbonyl (C=O) groups is 3. The fourth-order valence-electron chi connectivity index (χ4n) is 4.32. The van der Waals surface area contributed by atoms with Crippen LogP contribution in [0.1, 0.15) is 77.3 Å². The van der Waals surface area contributed by atoms with Gasteiger partial charge in [-0.3, -0.25) is 15.5 Å². The average Bonchev–Trinajstić information content (AvgIpc) is 3.06. The maximum Gasteiger partial charge on any atom is 0.511 e. The molecule has 0 heterocycles. The molecule has 2 aromatic carbocycles. The minimum atomic E-state index is -1.13. The topological polar surface area (TPSA) is 219 Å². The molecular formula is C30H40N9O7+. The van der Waals surface area contributed by atoms with Crippen molar-refractivity contribution >= 4 is 29.7 Å². The highest BCUT2D eigenvalue weighted by Gasteiger charge is 2.22. The predicted octanol–water partition coefficient (Wildman–Crippen LogP) is 2.93. The van der Waals surface area contributed by atoms with Crippen LogP contribution in [0.3, 0.4) is 0 Å². The summed E-state index contributed by atoms with van der Waals surface area (Å²) in [7, 11) is 2.92.